The fourth-order valence-electron chi connectivity index (χ4n) is 2.66. The molecule has 0 amide bonds. The molecular formula is C18H18N2. The molecule has 2 nitrogen and oxygen atoms in total. The molecule has 100 valence electrons. The molecule has 0 saturated heterocycles. The molecule has 2 heteroatoms. The van der Waals surface area contributed by atoms with E-state index in [1.165, 1.54) is 27.5 Å². The average molecular weight is 262 g/mol. The Hall–Kier alpha value is -2.19. The van der Waals surface area contributed by atoms with E-state index in [-0.39, 0.29) is 5.92 Å². The van der Waals surface area contributed by atoms with E-state index in [4.69, 9.17) is 5.73 Å². The number of nitrogens with two attached hydrogens (primary N) is 1. The molecular weight excluding hydrogens is 244 g/mol. The Labute approximate surface area is 119 Å². The topological polar surface area (TPSA) is 38.9 Å². The summed E-state index contributed by atoms with van der Waals surface area (Å²) in [6, 6.07) is 17.2. The van der Waals surface area contributed by atoms with Gasteiger partial charge in [0.05, 0.1) is 0 Å². The van der Waals surface area contributed by atoms with Gasteiger partial charge in [0.1, 0.15) is 0 Å². The minimum atomic E-state index is 0.226. The SMILES string of the molecule is Cc1ccc2cc(C(CN)c3ccncc3)ccc2c1. The fourth-order valence-corrected chi connectivity index (χ4v) is 2.66. The second-order valence-electron chi connectivity index (χ2n) is 5.18. The van der Waals surface area contributed by atoms with Gasteiger partial charge in [0.15, 0.2) is 0 Å². The molecule has 1 unspecified atom stereocenters. The van der Waals surface area contributed by atoms with E-state index in [1.54, 1.807) is 0 Å². The number of pyridine rings is 1. The van der Waals surface area contributed by atoms with Gasteiger partial charge < -0.3 is 5.73 Å². The highest BCUT2D eigenvalue weighted by Crippen LogP contribution is 2.26. The number of hydrogen-bond donors (Lipinski definition) is 1. The number of aryl methyl sites for hydroxylation is 1. The zero-order valence-corrected chi connectivity index (χ0v) is 11.6. The molecule has 0 bridgehead atoms. The zero-order valence-electron chi connectivity index (χ0n) is 11.6. The molecule has 1 aromatic heterocycles. The van der Waals surface area contributed by atoms with E-state index >= 15 is 0 Å². The average Bonchev–Trinajstić information content (AvgIpc) is 2.49. The molecule has 0 aliphatic carbocycles. The Morgan fingerprint density at radius 3 is 2.35 bits per heavy atom. The highest BCUT2D eigenvalue weighted by atomic mass is 14.6. The summed E-state index contributed by atoms with van der Waals surface area (Å²) in [6.45, 7) is 2.72. The third-order valence-electron chi connectivity index (χ3n) is 3.77. The number of fused-ring (bicyclic) bond motifs is 1. The van der Waals surface area contributed by atoms with Crippen LogP contribution in [-0.2, 0) is 0 Å². The van der Waals surface area contributed by atoms with Gasteiger partial charge >= 0.3 is 0 Å². The lowest BCUT2D eigenvalue weighted by Gasteiger charge is -2.16. The van der Waals surface area contributed by atoms with Gasteiger partial charge in [-0.2, -0.15) is 0 Å². The van der Waals surface area contributed by atoms with Crippen molar-refractivity contribution in [1.29, 1.82) is 0 Å². The van der Waals surface area contributed by atoms with Crippen LogP contribution in [0, 0.1) is 6.92 Å². The van der Waals surface area contributed by atoms with Crippen LogP contribution in [0.3, 0.4) is 0 Å². The summed E-state index contributed by atoms with van der Waals surface area (Å²) in [7, 11) is 0. The van der Waals surface area contributed by atoms with Crippen LogP contribution in [0.2, 0.25) is 0 Å². The van der Waals surface area contributed by atoms with Gasteiger partial charge in [0.25, 0.3) is 0 Å². The first-order valence-corrected chi connectivity index (χ1v) is 6.88. The van der Waals surface area contributed by atoms with Crippen molar-refractivity contribution in [2.75, 3.05) is 6.54 Å². The maximum absolute atomic E-state index is 5.98. The van der Waals surface area contributed by atoms with Crippen LogP contribution in [0.15, 0.2) is 60.9 Å². The Bertz CT molecular complexity index is 720. The third-order valence-corrected chi connectivity index (χ3v) is 3.77. The number of rotatable bonds is 3. The van der Waals surface area contributed by atoms with Crippen molar-refractivity contribution < 1.29 is 0 Å². The standard InChI is InChI=1S/C18H18N2/c1-13-2-3-16-11-17(5-4-15(16)10-13)18(12-19)14-6-8-20-9-7-14/h2-11,18H,12,19H2,1H3. The van der Waals surface area contributed by atoms with E-state index in [0.717, 1.165) is 0 Å². The Morgan fingerprint density at radius 1 is 0.900 bits per heavy atom. The summed E-state index contributed by atoms with van der Waals surface area (Å²) < 4.78 is 0. The zero-order chi connectivity index (χ0) is 13.9. The van der Waals surface area contributed by atoms with Gasteiger partial charge in [-0.3, -0.25) is 4.98 Å². The lowest BCUT2D eigenvalue weighted by Crippen LogP contribution is -2.13. The quantitative estimate of drug-likeness (QED) is 0.782. The van der Waals surface area contributed by atoms with Crippen molar-refractivity contribution in [3.8, 4) is 0 Å². The van der Waals surface area contributed by atoms with Gasteiger partial charge in [-0.15, -0.1) is 0 Å². The minimum Gasteiger partial charge on any atom is -0.330 e. The van der Waals surface area contributed by atoms with E-state index < -0.39 is 0 Å². The first kappa shape index (κ1) is 12.8. The van der Waals surface area contributed by atoms with Crippen LogP contribution in [0.5, 0.6) is 0 Å². The monoisotopic (exact) mass is 262 g/mol. The summed E-state index contributed by atoms with van der Waals surface area (Å²) in [4.78, 5) is 4.07. The molecule has 1 heterocycles. The Kier molecular flexibility index (Phi) is 3.48. The molecule has 0 saturated carbocycles. The summed E-state index contributed by atoms with van der Waals surface area (Å²) in [5.41, 5.74) is 9.75. The predicted octanol–water partition coefficient (Wildman–Crippen LogP) is 3.63. The normalized spacial score (nSPS) is 12.5. The first-order valence-electron chi connectivity index (χ1n) is 6.88. The first-order chi connectivity index (χ1) is 9.78. The highest BCUT2D eigenvalue weighted by Gasteiger charge is 2.12. The van der Waals surface area contributed by atoms with Crippen molar-refractivity contribution in [1.82, 2.24) is 4.98 Å². The molecule has 0 aliphatic heterocycles. The fraction of sp³-hybridized carbons (Fsp3) is 0.167. The van der Waals surface area contributed by atoms with Crippen molar-refractivity contribution in [2.45, 2.75) is 12.8 Å². The van der Waals surface area contributed by atoms with E-state index in [9.17, 15) is 0 Å². The maximum Gasteiger partial charge on any atom is 0.0270 e. The number of hydrogen-bond acceptors (Lipinski definition) is 2. The molecule has 20 heavy (non-hydrogen) atoms. The van der Waals surface area contributed by atoms with Crippen LogP contribution < -0.4 is 5.73 Å². The highest BCUT2D eigenvalue weighted by molar-refractivity contribution is 5.84. The predicted molar refractivity (Wildman–Crippen MR) is 83.8 cm³/mol. The number of nitrogens with zero attached hydrogens (tertiary/aromatic N) is 1. The van der Waals surface area contributed by atoms with Gasteiger partial charge in [-0.25, -0.2) is 0 Å². The van der Waals surface area contributed by atoms with Gasteiger partial charge in [0.2, 0.25) is 0 Å². The maximum atomic E-state index is 5.98. The second kappa shape index (κ2) is 5.43. The largest absolute Gasteiger partial charge is 0.330 e. The smallest absolute Gasteiger partial charge is 0.0270 e. The molecule has 3 rings (SSSR count). The Balaban J connectivity index is 2.06. The van der Waals surface area contributed by atoms with Gasteiger partial charge in [-0.05, 0) is 41.0 Å². The molecule has 2 aromatic carbocycles. The third kappa shape index (κ3) is 2.43. The molecule has 3 aromatic rings. The van der Waals surface area contributed by atoms with Crippen molar-refractivity contribution >= 4 is 10.8 Å². The molecule has 0 fully saturated rings. The van der Waals surface area contributed by atoms with Crippen molar-refractivity contribution in [3.63, 3.8) is 0 Å². The summed E-state index contributed by atoms with van der Waals surface area (Å²) in [5.74, 6) is 0.226. The van der Waals surface area contributed by atoms with E-state index in [2.05, 4.69) is 48.3 Å². The number of aromatic nitrogens is 1. The molecule has 2 N–H and O–H groups in total. The summed E-state index contributed by atoms with van der Waals surface area (Å²) in [6.07, 6.45) is 3.64. The van der Waals surface area contributed by atoms with Crippen molar-refractivity contribution in [2.24, 2.45) is 5.73 Å². The van der Waals surface area contributed by atoms with Crippen LogP contribution >= 0.6 is 0 Å². The molecule has 0 radical (unpaired) electrons. The number of benzene rings is 2. The van der Waals surface area contributed by atoms with Crippen LogP contribution in [-0.4, -0.2) is 11.5 Å². The van der Waals surface area contributed by atoms with E-state index in [0.29, 0.717) is 6.54 Å². The van der Waals surface area contributed by atoms with Crippen molar-refractivity contribution in [3.05, 3.63) is 77.6 Å². The Morgan fingerprint density at radius 2 is 1.60 bits per heavy atom. The van der Waals surface area contributed by atoms with Crippen LogP contribution in [0.25, 0.3) is 10.8 Å². The molecule has 0 aliphatic rings. The van der Waals surface area contributed by atoms with Crippen LogP contribution in [0.1, 0.15) is 22.6 Å². The van der Waals surface area contributed by atoms with Gasteiger partial charge in [0, 0.05) is 24.9 Å². The molecule has 0 spiro atoms. The van der Waals surface area contributed by atoms with Crippen LogP contribution in [0.4, 0.5) is 0 Å². The lowest BCUT2D eigenvalue weighted by molar-refractivity contribution is 0.818. The minimum absolute atomic E-state index is 0.226. The summed E-state index contributed by atoms with van der Waals surface area (Å²) >= 11 is 0. The molecule has 1 atom stereocenters. The summed E-state index contributed by atoms with van der Waals surface area (Å²) in [5, 5.41) is 2.54. The lowest BCUT2D eigenvalue weighted by atomic mass is 9.90. The van der Waals surface area contributed by atoms with E-state index in [1.807, 2.05) is 24.5 Å². The second-order valence-corrected chi connectivity index (χ2v) is 5.18. The van der Waals surface area contributed by atoms with Gasteiger partial charge in [-0.1, -0.05) is 42.0 Å².